The van der Waals surface area contributed by atoms with Gasteiger partial charge in [-0.15, -0.1) is 0 Å². The number of carbonyl (C=O) groups excluding carboxylic acids is 3. The number of anilines is 1. The fraction of sp³-hybridized carbons (Fsp3) is 0.579. The predicted molar refractivity (Wildman–Crippen MR) is 188 cm³/mol. The second-order valence-electron chi connectivity index (χ2n) is 14.5. The maximum atomic E-state index is 14.1. The maximum Gasteiger partial charge on any atom is 0.410 e. The summed E-state index contributed by atoms with van der Waals surface area (Å²) in [6.45, 7) is 5.28. The largest absolute Gasteiger partial charge is 0.486 e. The maximum absolute atomic E-state index is 14.1. The van der Waals surface area contributed by atoms with E-state index in [4.69, 9.17) is 19.3 Å². The Morgan fingerprint density at radius 2 is 1.49 bits per heavy atom. The molecular weight excluding hydrogens is 654 g/mol. The third-order valence-corrected chi connectivity index (χ3v) is 11.4. The van der Waals surface area contributed by atoms with Crippen molar-refractivity contribution in [1.29, 1.82) is 0 Å². The first-order valence-corrected chi connectivity index (χ1v) is 18.5. The number of amides is 4. The average Bonchev–Trinajstić information content (AvgIpc) is 3.32. The summed E-state index contributed by atoms with van der Waals surface area (Å²) >= 11 is 0. The Balaban J connectivity index is 0.965. The van der Waals surface area contributed by atoms with E-state index in [1.807, 2.05) is 57.2 Å². The molecule has 2 aromatic rings. The SMILES string of the molecule is O=C(O)CN1CCC(C2CCN(C(=O)[C@@H](Cc3ccc4c(c3)OCCO4)OC(=O)N3CCC(N4CCc5ccccc5NC4=O)CC3)CC2)CC1. The number of piperidine rings is 3. The number of carbonyl (C=O) groups is 4. The molecule has 4 amide bonds. The minimum atomic E-state index is -0.997. The van der Waals surface area contributed by atoms with Crippen molar-refractivity contribution in [2.24, 2.45) is 11.8 Å². The molecule has 13 heteroatoms. The smallest absolute Gasteiger partial charge is 0.410 e. The summed E-state index contributed by atoms with van der Waals surface area (Å²) in [7, 11) is 0. The van der Waals surface area contributed by atoms with Gasteiger partial charge in [-0.2, -0.15) is 0 Å². The van der Waals surface area contributed by atoms with Crippen molar-refractivity contribution in [2.45, 2.75) is 63.5 Å². The molecule has 3 fully saturated rings. The number of carboxylic acids is 1. The lowest BCUT2D eigenvalue weighted by Gasteiger charge is -2.41. The molecule has 0 aliphatic carbocycles. The van der Waals surface area contributed by atoms with Crippen molar-refractivity contribution in [3.8, 4) is 11.5 Å². The van der Waals surface area contributed by atoms with Gasteiger partial charge in [-0.3, -0.25) is 14.5 Å². The van der Waals surface area contributed by atoms with Gasteiger partial charge in [0, 0.05) is 50.9 Å². The number of fused-ring (bicyclic) bond motifs is 2. The zero-order chi connectivity index (χ0) is 35.3. The quantitative estimate of drug-likeness (QED) is 0.416. The summed E-state index contributed by atoms with van der Waals surface area (Å²) in [5, 5.41) is 12.2. The summed E-state index contributed by atoms with van der Waals surface area (Å²) in [6, 6.07) is 13.3. The van der Waals surface area contributed by atoms with Crippen LogP contribution in [-0.4, -0.2) is 126 Å². The molecule has 5 heterocycles. The third kappa shape index (κ3) is 8.35. The molecule has 0 aromatic heterocycles. The van der Waals surface area contributed by atoms with Crippen molar-refractivity contribution < 1.29 is 38.5 Å². The van der Waals surface area contributed by atoms with Gasteiger partial charge in [0.25, 0.3) is 5.91 Å². The highest BCUT2D eigenvalue weighted by Crippen LogP contribution is 2.34. The van der Waals surface area contributed by atoms with E-state index in [1.165, 1.54) is 0 Å². The van der Waals surface area contributed by atoms with Gasteiger partial charge in [0.15, 0.2) is 17.6 Å². The number of urea groups is 1. The highest BCUT2D eigenvalue weighted by molar-refractivity contribution is 5.91. The van der Waals surface area contributed by atoms with E-state index in [9.17, 15) is 19.2 Å². The van der Waals surface area contributed by atoms with E-state index in [0.29, 0.717) is 82.1 Å². The van der Waals surface area contributed by atoms with Gasteiger partial charge < -0.3 is 39.3 Å². The summed E-state index contributed by atoms with van der Waals surface area (Å²) < 4.78 is 17.6. The van der Waals surface area contributed by atoms with E-state index in [-0.39, 0.29) is 30.9 Å². The molecule has 0 unspecified atom stereocenters. The first-order valence-electron chi connectivity index (χ1n) is 18.5. The van der Waals surface area contributed by atoms with Crippen molar-refractivity contribution in [3.05, 3.63) is 53.6 Å². The Morgan fingerprint density at radius 3 is 2.22 bits per heavy atom. The number of benzene rings is 2. The molecular formula is C38H49N5O8. The van der Waals surface area contributed by atoms with E-state index < -0.39 is 18.2 Å². The van der Waals surface area contributed by atoms with Gasteiger partial charge in [-0.25, -0.2) is 9.59 Å². The number of hydrogen-bond acceptors (Lipinski definition) is 8. The second kappa shape index (κ2) is 15.8. The molecule has 3 saturated heterocycles. The predicted octanol–water partition coefficient (Wildman–Crippen LogP) is 4.10. The Labute approximate surface area is 298 Å². The molecule has 1 atom stereocenters. The Kier molecular flexibility index (Phi) is 10.8. The number of ether oxygens (including phenoxy) is 3. The summed E-state index contributed by atoms with van der Waals surface area (Å²) in [5.74, 6) is 1.31. The van der Waals surface area contributed by atoms with Crippen molar-refractivity contribution in [1.82, 2.24) is 19.6 Å². The number of carboxylic acid groups (broad SMARTS) is 1. The second-order valence-corrected chi connectivity index (χ2v) is 14.5. The molecule has 2 N–H and O–H groups in total. The minimum absolute atomic E-state index is 0.00390. The van der Waals surface area contributed by atoms with Crippen LogP contribution in [-0.2, 0) is 27.2 Å². The van der Waals surface area contributed by atoms with Crippen LogP contribution >= 0.6 is 0 Å². The van der Waals surface area contributed by atoms with Crippen LogP contribution in [0.5, 0.6) is 11.5 Å². The monoisotopic (exact) mass is 703 g/mol. The molecule has 7 rings (SSSR count). The highest BCUT2D eigenvalue weighted by atomic mass is 16.6. The van der Waals surface area contributed by atoms with Crippen LogP contribution in [0.25, 0.3) is 0 Å². The molecule has 5 aliphatic heterocycles. The molecule has 0 spiro atoms. The Hall–Kier alpha value is -4.52. The van der Waals surface area contributed by atoms with Crippen molar-refractivity contribution in [2.75, 3.05) is 70.9 Å². The Morgan fingerprint density at radius 1 is 0.824 bits per heavy atom. The molecule has 0 bridgehead atoms. The van der Waals surface area contributed by atoms with Gasteiger partial charge in [-0.05, 0) is 99.2 Å². The van der Waals surface area contributed by atoms with Crippen LogP contribution in [0.1, 0.15) is 49.7 Å². The normalized spacial score (nSPS) is 21.3. The molecule has 0 saturated carbocycles. The highest BCUT2D eigenvalue weighted by Gasteiger charge is 2.37. The first-order chi connectivity index (χ1) is 24.8. The van der Waals surface area contributed by atoms with Crippen LogP contribution < -0.4 is 14.8 Å². The van der Waals surface area contributed by atoms with Gasteiger partial charge in [0.1, 0.15) is 13.2 Å². The number of nitrogens with zero attached hydrogens (tertiary/aromatic N) is 4. The fourth-order valence-electron chi connectivity index (χ4n) is 8.47. The molecule has 5 aliphatic rings. The topological polar surface area (TPSA) is 141 Å². The standard InChI is InChI=1S/C38H49N5O8/c44-35(45)25-40-14-7-27(8-15-40)28-9-16-41(17-10-28)36(46)34(24-26-5-6-32-33(23-26)50-22-21-49-32)51-38(48)42-18-12-30(13-19-42)43-20-11-29-3-1-2-4-31(29)39-37(43)47/h1-6,23,27-28,30,34H,7-22,24-25H2,(H,39,47)(H,44,45)/t34-/m1/s1. The number of nitrogens with one attached hydrogen (secondary N) is 1. The summed E-state index contributed by atoms with van der Waals surface area (Å²) in [6.07, 6.45) is 4.43. The number of rotatable bonds is 8. The number of para-hydroxylation sites is 1. The Bertz CT molecular complexity index is 1580. The molecule has 2 aromatic carbocycles. The fourth-order valence-corrected chi connectivity index (χ4v) is 8.47. The number of aliphatic carboxylic acids is 1. The van der Waals surface area contributed by atoms with Gasteiger partial charge in [0.2, 0.25) is 0 Å². The molecule has 51 heavy (non-hydrogen) atoms. The van der Waals surface area contributed by atoms with Crippen LogP contribution in [0.2, 0.25) is 0 Å². The van der Waals surface area contributed by atoms with Crippen LogP contribution in [0, 0.1) is 11.8 Å². The summed E-state index contributed by atoms with van der Waals surface area (Å²) in [4.78, 5) is 59.4. The summed E-state index contributed by atoms with van der Waals surface area (Å²) in [5.41, 5.74) is 2.79. The van der Waals surface area contributed by atoms with Crippen molar-refractivity contribution >= 4 is 29.7 Å². The van der Waals surface area contributed by atoms with Crippen LogP contribution in [0.4, 0.5) is 15.3 Å². The van der Waals surface area contributed by atoms with E-state index in [1.54, 1.807) is 4.90 Å². The van der Waals surface area contributed by atoms with E-state index in [0.717, 1.165) is 62.0 Å². The van der Waals surface area contributed by atoms with E-state index >= 15 is 0 Å². The van der Waals surface area contributed by atoms with Crippen molar-refractivity contribution in [3.63, 3.8) is 0 Å². The molecule has 0 radical (unpaired) electrons. The number of hydrogen-bond donors (Lipinski definition) is 2. The minimum Gasteiger partial charge on any atom is -0.486 e. The lowest BCUT2D eigenvalue weighted by atomic mass is 9.78. The van der Waals surface area contributed by atoms with Crippen LogP contribution in [0.15, 0.2) is 42.5 Å². The molecule has 274 valence electrons. The third-order valence-electron chi connectivity index (χ3n) is 11.4. The first kappa shape index (κ1) is 34.9. The average molecular weight is 704 g/mol. The van der Waals surface area contributed by atoms with Gasteiger partial charge in [-0.1, -0.05) is 24.3 Å². The van der Waals surface area contributed by atoms with Gasteiger partial charge >= 0.3 is 18.1 Å². The van der Waals surface area contributed by atoms with Crippen LogP contribution in [0.3, 0.4) is 0 Å². The lowest BCUT2D eigenvalue weighted by Crippen LogP contribution is -2.52. The van der Waals surface area contributed by atoms with Gasteiger partial charge in [0.05, 0.1) is 6.54 Å². The zero-order valence-electron chi connectivity index (χ0n) is 29.2. The number of likely N-dealkylation sites (tertiary alicyclic amines) is 3. The zero-order valence-corrected chi connectivity index (χ0v) is 29.2. The molecule has 13 nitrogen and oxygen atoms in total. The lowest BCUT2D eigenvalue weighted by molar-refractivity contribution is -0.142. The van der Waals surface area contributed by atoms with E-state index in [2.05, 4.69) is 5.32 Å².